The zero-order chi connectivity index (χ0) is 16.8. The predicted molar refractivity (Wildman–Crippen MR) is 105 cm³/mol. The summed E-state index contributed by atoms with van der Waals surface area (Å²) in [6, 6.07) is 10.2. The first-order valence-corrected chi connectivity index (χ1v) is 10.5. The highest BCUT2D eigenvalue weighted by molar-refractivity contribution is 7.99. The molecule has 0 spiro atoms. The number of thioether (sulfide) groups is 2. The number of H-pyrrole nitrogens is 1. The average Bonchev–Trinajstić information content (AvgIpc) is 3.02. The van der Waals surface area contributed by atoms with Crippen LogP contribution < -0.4 is 0 Å². The number of aromatic amines is 1. The molecule has 0 atom stereocenters. The van der Waals surface area contributed by atoms with E-state index in [-0.39, 0.29) is 0 Å². The van der Waals surface area contributed by atoms with Gasteiger partial charge in [-0.05, 0) is 49.3 Å². The van der Waals surface area contributed by atoms with Crippen LogP contribution in [0.1, 0.15) is 24.1 Å². The molecular weight excluding hydrogens is 358 g/mol. The molecule has 0 saturated carbocycles. The number of hydrogen-bond donors (Lipinski definition) is 1. The molecule has 3 rings (SSSR count). The maximum atomic E-state index is 5.74. The molecule has 0 bridgehead atoms. The van der Waals surface area contributed by atoms with Gasteiger partial charge in [-0.3, -0.25) is 4.98 Å². The van der Waals surface area contributed by atoms with Gasteiger partial charge in [0.05, 0.1) is 16.7 Å². The number of fused-ring (bicyclic) bond motifs is 1. The number of nitrogens with one attached hydrogen (secondary N) is 1. The molecule has 0 amide bonds. The summed E-state index contributed by atoms with van der Waals surface area (Å²) in [5.74, 6) is 2.67. The second kappa shape index (κ2) is 8.79. The van der Waals surface area contributed by atoms with Crippen molar-refractivity contribution in [1.82, 2.24) is 15.0 Å². The van der Waals surface area contributed by atoms with Crippen LogP contribution in [0.3, 0.4) is 0 Å². The first-order chi connectivity index (χ1) is 11.8. The van der Waals surface area contributed by atoms with Gasteiger partial charge in [-0.25, -0.2) is 4.98 Å². The monoisotopic (exact) mass is 377 g/mol. The minimum absolute atomic E-state index is 0.745. The molecule has 2 heterocycles. The first-order valence-electron chi connectivity index (χ1n) is 7.98. The van der Waals surface area contributed by atoms with E-state index < -0.39 is 0 Å². The summed E-state index contributed by atoms with van der Waals surface area (Å²) in [5.41, 5.74) is 4.49. The Labute approximate surface area is 156 Å². The molecule has 1 aromatic carbocycles. The Hall–Kier alpha value is -1.17. The zero-order valence-corrected chi connectivity index (χ0v) is 16.0. The largest absolute Gasteiger partial charge is 0.333 e. The number of rotatable bonds is 8. The van der Waals surface area contributed by atoms with E-state index in [1.165, 1.54) is 10.5 Å². The molecule has 3 nitrogen and oxygen atoms in total. The summed E-state index contributed by atoms with van der Waals surface area (Å²) in [5, 5.41) is 0.942. The van der Waals surface area contributed by atoms with Crippen molar-refractivity contribution in [2.45, 2.75) is 35.6 Å². The first kappa shape index (κ1) is 17.6. The van der Waals surface area contributed by atoms with E-state index in [1.54, 1.807) is 11.8 Å². The smallest absolute Gasteiger partial charge is 0.166 e. The summed E-state index contributed by atoms with van der Waals surface area (Å²) < 4.78 is 0. The Bertz CT molecular complexity index is 771. The lowest BCUT2D eigenvalue weighted by Crippen LogP contribution is -1.95. The van der Waals surface area contributed by atoms with Gasteiger partial charge in [-0.15, -0.1) is 23.4 Å². The topological polar surface area (TPSA) is 41.6 Å². The summed E-state index contributed by atoms with van der Waals surface area (Å²) >= 11 is 9.33. The fraction of sp³-hybridized carbons (Fsp3) is 0.333. The molecule has 126 valence electrons. The second-order valence-corrected chi connectivity index (χ2v) is 7.95. The number of halogens is 1. The molecule has 1 N–H and O–H groups in total. The van der Waals surface area contributed by atoms with Gasteiger partial charge < -0.3 is 4.98 Å². The highest BCUT2D eigenvalue weighted by Crippen LogP contribution is 2.28. The molecule has 0 aliphatic carbocycles. The van der Waals surface area contributed by atoms with E-state index >= 15 is 0 Å². The molecule has 0 fully saturated rings. The lowest BCUT2D eigenvalue weighted by atomic mass is 10.2. The summed E-state index contributed by atoms with van der Waals surface area (Å²) in [6.07, 6.45) is 4.14. The minimum Gasteiger partial charge on any atom is -0.333 e. The van der Waals surface area contributed by atoms with Crippen LogP contribution in [-0.2, 0) is 5.75 Å². The van der Waals surface area contributed by atoms with Crippen LogP contribution in [0.5, 0.6) is 0 Å². The highest BCUT2D eigenvalue weighted by Gasteiger charge is 2.09. The van der Waals surface area contributed by atoms with Crippen LogP contribution in [-0.4, -0.2) is 26.6 Å². The molecule has 3 aromatic rings. The number of imidazole rings is 1. The SMILES string of the molecule is Cc1c(SCCCCCl)ccnc1CSc1nc2ccccc2[nH]1. The number of hydrogen-bond acceptors (Lipinski definition) is 4. The van der Waals surface area contributed by atoms with Crippen molar-refractivity contribution < 1.29 is 0 Å². The summed E-state index contributed by atoms with van der Waals surface area (Å²) in [7, 11) is 0. The fourth-order valence-corrected chi connectivity index (χ4v) is 4.53. The predicted octanol–water partition coefficient (Wildman–Crippen LogP) is 5.67. The average molecular weight is 378 g/mol. The van der Waals surface area contributed by atoms with E-state index in [0.717, 1.165) is 52.1 Å². The summed E-state index contributed by atoms with van der Waals surface area (Å²) in [6.45, 7) is 2.16. The maximum absolute atomic E-state index is 5.74. The van der Waals surface area contributed by atoms with Gasteiger partial charge in [-0.2, -0.15) is 0 Å². The summed E-state index contributed by atoms with van der Waals surface area (Å²) in [4.78, 5) is 13.8. The van der Waals surface area contributed by atoms with Crippen molar-refractivity contribution in [3.8, 4) is 0 Å². The maximum Gasteiger partial charge on any atom is 0.166 e. The van der Waals surface area contributed by atoms with Crippen LogP contribution in [0, 0.1) is 6.92 Å². The zero-order valence-electron chi connectivity index (χ0n) is 13.6. The third-order valence-corrected chi connectivity index (χ3v) is 6.16. The Balaban J connectivity index is 1.64. The lowest BCUT2D eigenvalue weighted by molar-refractivity contribution is 0.902. The van der Waals surface area contributed by atoms with Crippen molar-refractivity contribution in [3.05, 3.63) is 47.8 Å². The van der Waals surface area contributed by atoms with Gasteiger partial charge >= 0.3 is 0 Å². The fourth-order valence-electron chi connectivity index (χ4n) is 2.37. The molecule has 0 aliphatic heterocycles. The van der Waals surface area contributed by atoms with Crippen molar-refractivity contribution in [2.24, 2.45) is 0 Å². The van der Waals surface area contributed by atoms with Crippen molar-refractivity contribution >= 4 is 46.2 Å². The molecule has 0 radical (unpaired) electrons. The van der Waals surface area contributed by atoms with Gasteiger partial charge in [0.15, 0.2) is 5.16 Å². The number of alkyl halides is 1. The Kier molecular flexibility index (Phi) is 6.46. The van der Waals surface area contributed by atoms with Gasteiger partial charge in [0.2, 0.25) is 0 Å². The normalized spacial score (nSPS) is 11.2. The second-order valence-electron chi connectivity index (χ2n) is 5.47. The highest BCUT2D eigenvalue weighted by atomic mass is 35.5. The number of benzene rings is 1. The van der Waals surface area contributed by atoms with E-state index in [4.69, 9.17) is 11.6 Å². The molecule has 6 heteroatoms. The molecule has 24 heavy (non-hydrogen) atoms. The van der Waals surface area contributed by atoms with Crippen LogP contribution in [0.15, 0.2) is 46.6 Å². The Morgan fingerprint density at radius 2 is 2.00 bits per heavy atom. The van der Waals surface area contributed by atoms with Gasteiger partial charge in [0.1, 0.15) is 0 Å². The number of nitrogens with zero attached hydrogens (tertiary/aromatic N) is 2. The minimum atomic E-state index is 0.745. The third-order valence-electron chi connectivity index (χ3n) is 3.76. The quantitative estimate of drug-likeness (QED) is 0.312. The van der Waals surface area contributed by atoms with Crippen molar-refractivity contribution in [3.63, 3.8) is 0 Å². The molecule has 0 aliphatic rings. The molecule has 0 saturated heterocycles. The molecular formula is C18H20ClN3S2. The number of aromatic nitrogens is 3. The standard InChI is InChI=1S/C18H20ClN3S2/c1-13-16(20-10-8-17(13)23-11-5-4-9-19)12-24-18-21-14-6-2-3-7-15(14)22-18/h2-3,6-8,10H,4-5,9,11-12H2,1H3,(H,21,22). The van der Waals surface area contributed by atoms with Gasteiger partial charge in [-0.1, -0.05) is 23.9 Å². The van der Waals surface area contributed by atoms with Crippen LogP contribution in [0.4, 0.5) is 0 Å². The van der Waals surface area contributed by atoms with Crippen molar-refractivity contribution in [1.29, 1.82) is 0 Å². The van der Waals surface area contributed by atoms with Gasteiger partial charge in [0, 0.05) is 22.7 Å². The number of unbranched alkanes of at least 4 members (excludes halogenated alkanes) is 1. The van der Waals surface area contributed by atoms with Crippen LogP contribution in [0.25, 0.3) is 11.0 Å². The van der Waals surface area contributed by atoms with Gasteiger partial charge in [0.25, 0.3) is 0 Å². The van der Waals surface area contributed by atoms with Crippen LogP contribution in [0.2, 0.25) is 0 Å². The van der Waals surface area contributed by atoms with E-state index in [0.29, 0.717) is 0 Å². The molecule has 0 unspecified atom stereocenters. The third kappa shape index (κ3) is 4.47. The molecule has 2 aromatic heterocycles. The van der Waals surface area contributed by atoms with Crippen LogP contribution >= 0.6 is 35.1 Å². The lowest BCUT2D eigenvalue weighted by Gasteiger charge is -2.09. The van der Waals surface area contributed by atoms with Crippen molar-refractivity contribution in [2.75, 3.05) is 11.6 Å². The van der Waals surface area contributed by atoms with E-state index in [2.05, 4.69) is 27.9 Å². The number of para-hydroxylation sites is 2. The van der Waals surface area contributed by atoms with E-state index in [9.17, 15) is 0 Å². The van der Waals surface area contributed by atoms with E-state index in [1.807, 2.05) is 42.2 Å². The Morgan fingerprint density at radius 3 is 2.83 bits per heavy atom. The number of pyridine rings is 1. The Morgan fingerprint density at radius 1 is 1.12 bits per heavy atom.